The molecule has 0 aliphatic rings. The lowest BCUT2D eigenvalue weighted by molar-refractivity contribution is -0.140. The summed E-state index contributed by atoms with van der Waals surface area (Å²) in [6.45, 7) is 4.73. The quantitative estimate of drug-likeness (QED) is 0.490. The molecule has 0 fully saturated rings. The molecule has 2 amide bonds. The van der Waals surface area contributed by atoms with Gasteiger partial charge in [0.1, 0.15) is 6.04 Å². The Kier molecular flexibility index (Phi) is 8.07. The summed E-state index contributed by atoms with van der Waals surface area (Å²) in [5, 5.41) is 5.84. The first-order valence-corrected chi connectivity index (χ1v) is 11.2. The maximum atomic E-state index is 13.3. The molecule has 3 aromatic rings. The van der Waals surface area contributed by atoms with Gasteiger partial charge in [-0.2, -0.15) is 0 Å². The molecule has 0 saturated heterocycles. The predicted molar refractivity (Wildman–Crippen MR) is 127 cm³/mol. The topological polar surface area (TPSA) is 49.4 Å². The highest BCUT2D eigenvalue weighted by Crippen LogP contribution is 2.21. The van der Waals surface area contributed by atoms with E-state index in [1.165, 1.54) is 0 Å². The number of aryl methyl sites for hydroxylation is 1. The van der Waals surface area contributed by atoms with Crippen molar-refractivity contribution in [1.29, 1.82) is 0 Å². The molecule has 0 heterocycles. The molecule has 0 aliphatic heterocycles. The summed E-state index contributed by atoms with van der Waals surface area (Å²) in [6, 6.07) is 21.2. The highest BCUT2D eigenvalue weighted by atomic mass is 35.5. The summed E-state index contributed by atoms with van der Waals surface area (Å²) in [7, 11) is 0. The molecule has 0 spiro atoms. The summed E-state index contributed by atoms with van der Waals surface area (Å²) in [4.78, 5) is 27.6. The molecule has 3 aromatic carbocycles. The standard InChI is InChI=1S/C26H29ClN2O2/c1-3-16-28-26(31)19(2)29(18-20-8-6-12-23(27)17-20)25(30)15-14-22-11-7-10-21-9-4-5-13-24(21)22/h4-13,17,19H,3,14-16,18H2,1-2H3,(H,28,31)/t19-/m0/s1. The van der Waals surface area contributed by atoms with Crippen LogP contribution in [-0.4, -0.2) is 29.3 Å². The van der Waals surface area contributed by atoms with Crippen molar-refractivity contribution in [3.8, 4) is 0 Å². The van der Waals surface area contributed by atoms with Gasteiger partial charge in [-0.05, 0) is 53.8 Å². The van der Waals surface area contributed by atoms with Gasteiger partial charge >= 0.3 is 0 Å². The van der Waals surface area contributed by atoms with E-state index in [1.807, 2.05) is 43.3 Å². The minimum Gasteiger partial charge on any atom is -0.354 e. The zero-order chi connectivity index (χ0) is 22.2. The Balaban J connectivity index is 1.78. The Labute approximate surface area is 189 Å². The van der Waals surface area contributed by atoms with Gasteiger partial charge in [0.2, 0.25) is 11.8 Å². The summed E-state index contributed by atoms with van der Waals surface area (Å²) in [5.41, 5.74) is 2.04. The molecule has 1 atom stereocenters. The third kappa shape index (κ3) is 6.08. The molecule has 1 N–H and O–H groups in total. The molecule has 0 radical (unpaired) electrons. The Morgan fingerprint density at radius 3 is 2.55 bits per heavy atom. The van der Waals surface area contributed by atoms with Crippen molar-refractivity contribution < 1.29 is 9.59 Å². The minimum atomic E-state index is -0.564. The van der Waals surface area contributed by atoms with Crippen molar-refractivity contribution in [2.24, 2.45) is 0 Å². The first-order valence-electron chi connectivity index (χ1n) is 10.8. The van der Waals surface area contributed by atoms with E-state index >= 15 is 0 Å². The number of halogens is 1. The number of hydrogen-bond acceptors (Lipinski definition) is 2. The molecule has 4 nitrogen and oxygen atoms in total. The number of benzene rings is 3. The van der Waals surface area contributed by atoms with E-state index in [0.717, 1.165) is 28.3 Å². The van der Waals surface area contributed by atoms with Gasteiger partial charge in [0.15, 0.2) is 0 Å². The molecule has 162 valence electrons. The largest absolute Gasteiger partial charge is 0.354 e. The average Bonchev–Trinajstić information content (AvgIpc) is 2.79. The Bertz CT molecular complexity index is 1050. The second kappa shape index (κ2) is 11.0. The van der Waals surface area contributed by atoms with Crippen molar-refractivity contribution in [3.05, 3.63) is 82.9 Å². The lowest BCUT2D eigenvalue weighted by atomic mass is 10.0. The fourth-order valence-electron chi connectivity index (χ4n) is 3.71. The Morgan fingerprint density at radius 2 is 1.77 bits per heavy atom. The van der Waals surface area contributed by atoms with Crippen molar-refractivity contribution in [3.63, 3.8) is 0 Å². The van der Waals surface area contributed by atoms with Crippen molar-refractivity contribution >= 4 is 34.2 Å². The number of nitrogens with one attached hydrogen (secondary N) is 1. The number of carbonyl (C=O) groups excluding carboxylic acids is 2. The van der Waals surface area contributed by atoms with Crippen LogP contribution in [0.1, 0.15) is 37.8 Å². The highest BCUT2D eigenvalue weighted by Gasteiger charge is 2.25. The molecule has 5 heteroatoms. The third-order valence-electron chi connectivity index (χ3n) is 5.45. The van der Waals surface area contributed by atoms with Gasteiger partial charge in [-0.15, -0.1) is 0 Å². The Hall–Kier alpha value is -2.85. The molecule has 31 heavy (non-hydrogen) atoms. The lowest BCUT2D eigenvalue weighted by Crippen LogP contribution is -2.47. The van der Waals surface area contributed by atoms with E-state index < -0.39 is 6.04 Å². The smallest absolute Gasteiger partial charge is 0.242 e. The first-order chi connectivity index (χ1) is 15.0. The van der Waals surface area contributed by atoms with Gasteiger partial charge in [0.25, 0.3) is 0 Å². The number of amides is 2. The fourth-order valence-corrected chi connectivity index (χ4v) is 3.92. The fraction of sp³-hybridized carbons (Fsp3) is 0.308. The molecule has 0 unspecified atom stereocenters. The van der Waals surface area contributed by atoms with Crippen LogP contribution >= 0.6 is 11.6 Å². The normalized spacial score (nSPS) is 11.8. The molecule has 3 rings (SSSR count). The first kappa shape index (κ1) is 22.8. The van der Waals surface area contributed by atoms with Gasteiger partial charge in [0, 0.05) is 24.5 Å². The summed E-state index contributed by atoms with van der Waals surface area (Å²) in [5.74, 6) is -0.186. The van der Waals surface area contributed by atoms with Crippen LogP contribution in [0, 0.1) is 0 Å². The van der Waals surface area contributed by atoms with E-state index in [4.69, 9.17) is 11.6 Å². The van der Waals surface area contributed by atoms with E-state index in [1.54, 1.807) is 17.9 Å². The van der Waals surface area contributed by atoms with Crippen LogP contribution in [0.25, 0.3) is 10.8 Å². The van der Waals surface area contributed by atoms with Crippen LogP contribution in [-0.2, 0) is 22.6 Å². The van der Waals surface area contributed by atoms with Crippen molar-refractivity contribution in [2.75, 3.05) is 6.54 Å². The maximum absolute atomic E-state index is 13.3. The Morgan fingerprint density at radius 1 is 1.03 bits per heavy atom. The van der Waals surface area contributed by atoms with Crippen LogP contribution in [0.2, 0.25) is 5.02 Å². The van der Waals surface area contributed by atoms with Crippen LogP contribution in [0.5, 0.6) is 0 Å². The maximum Gasteiger partial charge on any atom is 0.242 e. The van der Waals surface area contributed by atoms with E-state index in [2.05, 4.69) is 29.6 Å². The molecular formula is C26H29ClN2O2. The van der Waals surface area contributed by atoms with E-state index in [9.17, 15) is 9.59 Å². The van der Waals surface area contributed by atoms with Gasteiger partial charge in [-0.3, -0.25) is 9.59 Å². The third-order valence-corrected chi connectivity index (χ3v) is 5.68. The van der Waals surface area contributed by atoms with Gasteiger partial charge < -0.3 is 10.2 Å². The molecule has 0 aliphatic carbocycles. The number of nitrogens with zero attached hydrogens (tertiary/aromatic N) is 1. The van der Waals surface area contributed by atoms with Gasteiger partial charge in [-0.1, -0.05) is 73.1 Å². The average molecular weight is 437 g/mol. The van der Waals surface area contributed by atoms with Crippen LogP contribution in [0.3, 0.4) is 0 Å². The molecule has 0 saturated carbocycles. The van der Waals surface area contributed by atoms with Crippen LogP contribution < -0.4 is 5.32 Å². The molecular weight excluding hydrogens is 408 g/mol. The summed E-state index contributed by atoms with van der Waals surface area (Å²) < 4.78 is 0. The monoisotopic (exact) mass is 436 g/mol. The van der Waals surface area contributed by atoms with Crippen LogP contribution in [0.4, 0.5) is 0 Å². The minimum absolute atomic E-state index is 0.0490. The number of carbonyl (C=O) groups is 2. The van der Waals surface area contributed by atoms with Crippen molar-refractivity contribution in [1.82, 2.24) is 10.2 Å². The number of hydrogen-bond donors (Lipinski definition) is 1. The van der Waals surface area contributed by atoms with Gasteiger partial charge in [0.05, 0.1) is 0 Å². The van der Waals surface area contributed by atoms with Crippen molar-refractivity contribution in [2.45, 2.75) is 45.7 Å². The predicted octanol–water partition coefficient (Wildman–Crippen LogP) is 5.37. The lowest BCUT2D eigenvalue weighted by Gasteiger charge is -2.29. The molecule has 0 bridgehead atoms. The van der Waals surface area contributed by atoms with Gasteiger partial charge in [-0.25, -0.2) is 0 Å². The number of rotatable bonds is 9. The summed E-state index contributed by atoms with van der Waals surface area (Å²) in [6.07, 6.45) is 1.80. The highest BCUT2D eigenvalue weighted by molar-refractivity contribution is 6.30. The second-order valence-electron chi connectivity index (χ2n) is 7.76. The zero-order valence-corrected chi connectivity index (χ0v) is 18.9. The zero-order valence-electron chi connectivity index (χ0n) is 18.1. The molecule has 0 aromatic heterocycles. The van der Waals surface area contributed by atoms with E-state index in [0.29, 0.717) is 31.0 Å². The SMILES string of the molecule is CCCNC(=O)[C@H](C)N(Cc1cccc(Cl)c1)C(=O)CCc1cccc2ccccc12. The van der Waals surface area contributed by atoms with E-state index in [-0.39, 0.29) is 11.8 Å². The van der Waals surface area contributed by atoms with Crippen LogP contribution in [0.15, 0.2) is 66.7 Å². The summed E-state index contributed by atoms with van der Waals surface area (Å²) >= 11 is 6.13. The number of fused-ring (bicyclic) bond motifs is 1. The second-order valence-corrected chi connectivity index (χ2v) is 8.19.